The Morgan fingerprint density at radius 3 is 2.51 bits per heavy atom. The lowest BCUT2D eigenvalue weighted by Crippen LogP contribution is -2.36. The van der Waals surface area contributed by atoms with Gasteiger partial charge in [-0.25, -0.2) is 15.1 Å². The second-order valence-corrected chi connectivity index (χ2v) is 11.6. The van der Waals surface area contributed by atoms with Gasteiger partial charge in [0, 0.05) is 61.9 Å². The van der Waals surface area contributed by atoms with Crippen molar-refractivity contribution in [3.05, 3.63) is 112 Å². The summed E-state index contributed by atoms with van der Waals surface area (Å²) >= 11 is 0. The lowest BCUT2D eigenvalue weighted by Gasteiger charge is -2.25. The van der Waals surface area contributed by atoms with Gasteiger partial charge in [0.05, 0.1) is 11.0 Å². The first-order chi connectivity index (χ1) is 22.9. The number of rotatable bonds is 15. The SMILES string of the molecule is CCN(CCC(C)n1c(=O)[nH]c2ccccc21)C(=O)OCCN(CCc1c[nH]c2ccccc12)Cc1ccc(/C=C/C(=O)NO)cc1. The number of carbonyl (C=O) groups is 2. The maximum Gasteiger partial charge on any atom is 0.409 e. The summed E-state index contributed by atoms with van der Waals surface area (Å²) in [5, 5.41) is 9.90. The molecule has 4 N–H and O–H groups in total. The molecule has 0 aliphatic rings. The van der Waals surface area contributed by atoms with E-state index in [1.807, 2.05) is 74.5 Å². The smallest absolute Gasteiger partial charge is 0.409 e. The average molecular weight is 639 g/mol. The molecule has 2 heterocycles. The number of aromatic nitrogens is 3. The molecule has 3 aromatic carbocycles. The van der Waals surface area contributed by atoms with Gasteiger partial charge in [-0.15, -0.1) is 0 Å². The van der Waals surface area contributed by atoms with Crippen molar-refractivity contribution in [1.29, 1.82) is 0 Å². The van der Waals surface area contributed by atoms with E-state index in [-0.39, 0.29) is 24.4 Å². The van der Waals surface area contributed by atoms with E-state index in [0.717, 1.165) is 40.6 Å². The third kappa shape index (κ3) is 8.57. The molecule has 246 valence electrons. The molecule has 0 fully saturated rings. The number of fused-ring (bicyclic) bond motifs is 2. The summed E-state index contributed by atoms with van der Waals surface area (Å²) in [6.45, 7) is 7.06. The summed E-state index contributed by atoms with van der Waals surface area (Å²) in [6, 6.07) is 23.6. The van der Waals surface area contributed by atoms with E-state index in [1.165, 1.54) is 17.0 Å². The van der Waals surface area contributed by atoms with Gasteiger partial charge in [0.15, 0.2) is 0 Å². The van der Waals surface area contributed by atoms with Gasteiger partial charge in [0.25, 0.3) is 5.91 Å². The monoisotopic (exact) mass is 638 g/mol. The number of hydroxylamine groups is 1. The van der Waals surface area contributed by atoms with Crippen LogP contribution in [0.2, 0.25) is 0 Å². The fourth-order valence-corrected chi connectivity index (χ4v) is 5.80. The molecule has 2 amide bonds. The zero-order valence-electron chi connectivity index (χ0n) is 26.8. The fourth-order valence-electron chi connectivity index (χ4n) is 5.80. The minimum atomic E-state index is -0.590. The molecule has 11 heteroatoms. The van der Waals surface area contributed by atoms with Crippen LogP contribution in [0.25, 0.3) is 28.0 Å². The molecular weight excluding hydrogens is 596 g/mol. The van der Waals surface area contributed by atoms with Gasteiger partial charge >= 0.3 is 11.8 Å². The fraction of sp³-hybridized carbons (Fsp3) is 0.306. The minimum absolute atomic E-state index is 0.103. The minimum Gasteiger partial charge on any atom is -0.448 e. The van der Waals surface area contributed by atoms with Crippen LogP contribution in [0, 0.1) is 0 Å². The predicted molar refractivity (Wildman–Crippen MR) is 183 cm³/mol. The molecule has 0 saturated heterocycles. The van der Waals surface area contributed by atoms with Crippen LogP contribution in [0.1, 0.15) is 43.0 Å². The lowest BCUT2D eigenvalue weighted by molar-refractivity contribution is -0.124. The van der Waals surface area contributed by atoms with Crippen molar-refractivity contribution in [3.63, 3.8) is 0 Å². The van der Waals surface area contributed by atoms with Crippen LogP contribution in [0.15, 0.2) is 89.9 Å². The van der Waals surface area contributed by atoms with Crippen molar-refractivity contribution in [2.24, 2.45) is 0 Å². The van der Waals surface area contributed by atoms with E-state index in [9.17, 15) is 14.4 Å². The van der Waals surface area contributed by atoms with Crippen LogP contribution < -0.4 is 11.2 Å². The van der Waals surface area contributed by atoms with Gasteiger partial charge < -0.3 is 19.6 Å². The summed E-state index contributed by atoms with van der Waals surface area (Å²) in [5.74, 6) is -0.590. The van der Waals surface area contributed by atoms with E-state index in [4.69, 9.17) is 9.94 Å². The maximum atomic E-state index is 13.1. The largest absolute Gasteiger partial charge is 0.448 e. The van der Waals surface area contributed by atoms with Gasteiger partial charge in [-0.3, -0.25) is 19.5 Å². The summed E-state index contributed by atoms with van der Waals surface area (Å²) in [4.78, 5) is 47.2. The van der Waals surface area contributed by atoms with Crippen LogP contribution in [0.3, 0.4) is 0 Å². The Bertz CT molecular complexity index is 1870. The molecule has 5 aromatic rings. The molecule has 0 bridgehead atoms. The van der Waals surface area contributed by atoms with Crippen molar-refractivity contribution in [2.45, 2.75) is 39.3 Å². The third-order valence-corrected chi connectivity index (χ3v) is 8.45. The molecule has 0 spiro atoms. The predicted octanol–water partition coefficient (Wildman–Crippen LogP) is 5.48. The zero-order chi connectivity index (χ0) is 33.2. The molecule has 5 rings (SSSR count). The van der Waals surface area contributed by atoms with Gasteiger partial charge in [-0.2, -0.15) is 0 Å². The van der Waals surface area contributed by atoms with E-state index in [1.54, 1.807) is 21.0 Å². The Hall–Kier alpha value is -5.13. The Morgan fingerprint density at radius 2 is 1.74 bits per heavy atom. The number of aromatic amines is 2. The Morgan fingerprint density at radius 1 is 1.00 bits per heavy atom. The van der Waals surface area contributed by atoms with Gasteiger partial charge in [-0.1, -0.05) is 54.6 Å². The Balaban J connectivity index is 1.19. The number of nitrogens with zero attached hydrogens (tertiary/aromatic N) is 3. The molecule has 0 saturated carbocycles. The first kappa shape index (κ1) is 33.2. The normalized spacial score (nSPS) is 12.3. The number of para-hydroxylation sites is 3. The van der Waals surface area contributed by atoms with Crippen molar-refractivity contribution < 1.29 is 19.5 Å². The second-order valence-electron chi connectivity index (χ2n) is 11.6. The highest BCUT2D eigenvalue weighted by atomic mass is 16.6. The number of hydrogen-bond donors (Lipinski definition) is 4. The summed E-state index contributed by atoms with van der Waals surface area (Å²) < 4.78 is 7.51. The van der Waals surface area contributed by atoms with Crippen molar-refractivity contribution in [3.8, 4) is 0 Å². The second kappa shape index (κ2) is 15.9. The summed E-state index contributed by atoms with van der Waals surface area (Å²) in [5.41, 5.74) is 7.32. The van der Waals surface area contributed by atoms with E-state index < -0.39 is 5.91 Å². The van der Waals surface area contributed by atoms with Gasteiger partial charge in [0.1, 0.15) is 6.61 Å². The molecule has 0 radical (unpaired) electrons. The highest BCUT2D eigenvalue weighted by Gasteiger charge is 2.18. The molecular formula is C36H42N6O5. The maximum absolute atomic E-state index is 13.1. The Kier molecular flexibility index (Phi) is 11.3. The van der Waals surface area contributed by atoms with E-state index in [0.29, 0.717) is 32.6 Å². The summed E-state index contributed by atoms with van der Waals surface area (Å²) in [7, 11) is 0. The first-order valence-corrected chi connectivity index (χ1v) is 16.0. The number of amides is 2. The number of carbonyl (C=O) groups excluding carboxylic acids is 2. The summed E-state index contributed by atoms with van der Waals surface area (Å²) in [6.07, 6.45) is 6.00. The molecule has 1 unspecified atom stereocenters. The number of hydrogen-bond acceptors (Lipinski definition) is 6. The number of ether oxygens (including phenoxy) is 1. The van der Waals surface area contributed by atoms with Crippen LogP contribution in [-0.4, -0.2) is 74.3 Å². The topological polar surface area (TPSA) is 136 Å². The van der Waals surface area contributed by atoms with E-state index >= 15 is 0 Å². The third-order valence-electron chi connectivity index (χ3n) is 8.45. The molecule has 2 aromatic heterocycles. The molecule has 1 atom stereocenters. The number of nitrogens with one attached hydrogen (secondary N) is 3. The first-order valence-electron chi connectivity index (χ1n) is 16.0. The number of benzene rings is 3. The lowest BCUT2D eigenvalue weighted by atomic mass is 10.1. The standard InChI is InChI=1S/C36H42N6O5/c1-3-41(21-18-26(2)42-33-11-7-6-10-32(33)38-35(42)44)36(45)47-23-22-40(20-19-29-24-37-31-9-5-4-8-30(29)31)25-28-14-12-27(13-15-28)16-17-34(43)39-46/h4-17,24,26,37,46H,3,18-23,25H2,1-2H3,(H,38,44)(H,39,43)/b17-16+. The molecule has 0 aliphatic carbocycles. The molecule has 0 aliphatic heterocycles. The number of imidazole rings is 1. The highest BCUT2D eigenvalue weighted by molar-refractivity contribution is 5.90. The highest BCUT2D eigenvalue weighted by Crippen LogP contribution is 2.20. The van der Waals surface area contributed by atoms with Crippen molar-refractivity contribution in [2.75, 3.05) is 32.8 Å². The van der Waals surface area contributed by atoms with Crippen LogP contribution >= 0.6 is 0 Å². The zero-order valence-corrected chi connectivity index (χ0v) is 26.8. The van der Waals surface area contributed by atoms with Crippen molar-refractivity contribution >= 4 is 40.0 Å². The average Bonchev–Trinajstić information content (AvgIpc) is 3.66. The van der Waals surface area contributed by atoms with Gasteiger partial charge in [-0.05, 0) is 67.7 Å². The molecule has 47 heavy (non-hydrogen) atoms. The number of H-pyrrole nitrogens is 2. The Labute approximate surface area is 273 Å². The molecule has 11 nitrogen and oxygen atoms in total. The quantitative estimate of drug-likeness (QED) is 0.0681. The van der Waals surface area contributed by atoms with Crippen LogP contribution in [-0.2, 0) is 22.5 Å². The van der Waals surface area contributed by atoms with Crippen molar-refractivity contribution in [1.82, 2.24) is 29.8 Å². The van der Waals surface area contributed by atoms with E-state index in [2.05, 4.69) is 33.2 Å². The van der Waals surface area contributed by atoms with Gasteiger partial charge in [0.2, 0.25) is 0 Å². The van der Waals surface area contributed by atoms with Crippen LogP contribution in [0.5, 0.6) is 0 Å². The van der Waals surface area contributed by atoms with Crippen LogP contribution in [0.4, 0.5) is 4.79 Å².